The maximum Gasteiger partial charge on any atom is 0.159 e. The van der Waals surface area contributed by atoms with E-state index in [-0.39, 0.29) is 5.82 Å². The lowest BCUT2D eigenvalue weighted by Crippen LogP contribution is -2.05. The highest BCUT2D eigenvalue weighted by molar-refractivity contribution is 6.30. The number of nitrogens with two attached hydrogens (primary N) is 1. The average molecular weight is 344 g/mol. The predicted molar refractivity (Wildman–Crippen MR) is 95.6 cm³/mol. The lowest BCUT2D eigenvalue weighted by atomic mass is 10.2. The van der Waals surface area contributed by atoms with Crippen LogP contribution < -0.4 is 16.4 Å². The average Bonchev–Trinajstić information content (AvgIpc) is 2.56. The number of rotatable bonds is 4. The number of halogens is 2. The molecule has 2 aromatic carbocycles. The Balaban J connectivity index is 1.88. The Kier molecular flexibility index (Phi) is 4.48. The first-order valence-electron chi connectivity index (χ1n) is 7.19. The number of benzene rings is 2. The molecule has 5 nitrogen and oxygen atoms in total. The van der Waals surface area contributed by atoms with E-state index in [4.69, 9.17) is 17.3 Å². The first-order valence-corrected chi connectivity index (χ1v) is 7.57. The fourth-order valence-corrected chi connectivity index (χ4v) is 2.29. The smallest absolute Gasteiger partial charge is 0.159 e. The minimum absolute atomic E-state index is 0.310. The second-order valence-corrected chi connectivity index (χ2v) is 5.64. The highest BCUT2D eigenvalue weighted by atomic mass is 35.5. The van der Waals surface area contributed by atoms with Gasteiger partial charge in [0.05, 0.1) is 0 Å². The van der Waals surface area contributed by atoms with Gasteiger partial charge in [0.25, 0.3) is 0 Å². The van der Waals surface area contributed by atoms with Gasteiger partial charge >= 0.3 is 0 Å². The molecule has 0 atom stereocenters. The summed E-state index contributed by atoms with van der Waals surface area (Å²) in [5.74, 6) is 0.578. The quantitative estimate of drug-likeness (QED) is 0.643. The molecule has 1 heterocycles. The molecular formula is C17H15ClFN5. The number of aromatic nitrogens is 2. The van der Waals surface area contributed by atoms with Crippen LogP contribution in [0.2, 0.25) is 5.02 Å². The molecule has 0 aliphatic carbocycles. The van der Waals surface area contributed by atoms with Gasteiger partial charge in [-0.1, -0.05) is 17.7 Å². The number of nitrogen functional groups attached to an aromatic ring is 1. The fraction of sp³-hybridized carbons (Fsp3) is 0.0588. The number of hydrogen-bond acceptors (Lipinski definition) is 5. The van der Waals surface area contributed by atoms with E-state index in [2.05, 4.69) is 20.6 Å². The summed E-state index contributed by atoms with van der Waals surface area (Å²) in [5.41, 5.74) is 8.97. The highest BCUT2D eigenvalue weighted by Gasteiger charge is 2.10. The van der Waals surface area contributed by atoms with Crippen LogP contribution in [0.4, 0.5) is 33.1 Å². The van der Waals surface area contributed by atoms with Crippen molar-refractivity contribution in [3.63, 3.8) is 0 Å². The van der Waals surface area contributed by atoms with Gasteiger partial charge in [-0.15, -0.1) is 0 Å². The van der Waals surface area contributed by atoms with Crippen LogP contribution in [0.1, 0.15) is 5.56 Å². The summed E-state index contributed by atoms with van der Waals surface area (Å²) in [6.07, 6.45) is 1.39. The zero-order chi connectivity index (χ0) is 17.1. The van der Waals surface area contributed by atoms with E-state index in [1.807, 2.05) is 19.1 Å². The van der Waals surface area contributed by atoms with Crippen molar-refractivity contribution in [2.45, 2.75) is 6.92 Å². The summed E-state index contributed by atoms with van der Waals surface area (Å²) in [7, 11) is 0. The molecule has 4 N–H and O–H groups in total. The van der Waals surface area contributed by atoms with Crippen LogP contribution in [-0.4, -0.2) is 9.97 Å². The molecule has 7 heteroatoms. The summed E-state index contributed by atoms with van der Waals surface area (Å²) >= 11 is 6.03. The number of aryl methyl sites for hydroxylation is 1. The van der Waals surface area contributed by atoms with Gasteiger partial charge in [-0.3, -0.25) is 0 Å². The zero-order valence-electron chi connectivity index (χ0n) is 12.8. The predicted octanol–water partition coefficient (Wildman–Crippen LogP) is 4.65. The molecule has 0 bridgehead atoms. The van der Waals surface area contributed by atoms with E-state index in [9.17, 15) is 4.39 Å². The lowest BCUT2D eigenvalue weighted by molar-refractivity contribution is 0.628. The molecule has 24 heavy (non-hydrogen) atoms. The molecule has 0 aliphatic rings. The van der Waals surface area contributed by atoms with E-state index in [1.54, 1.807) is 18.2 Å². The van der Waals surface area contributed by atoms with Gasteiger partial charge < -0.3 is 16.4 Å². The highest BCUT2D eigenvalue weighted by Crippen LogP contribution is 2.30. The Morgan fingerprint density at radius 1 is 1.00 bits per heavy atom. The molecule has 3 aromatic rings. The fourth-order valence-electron chi connectivity index (χ4n) is 2.12. The molecule has 1 aromatic heterocycles. The summed E-state index contributed by atoms with van der Waals surface area (Å²) in [6, 6.07) is 11.4. The van der Waals surface area contributed by atoms with E-state index in [0.717, 1.165) is 11.3 Å². The Bertz CT molecular complexity index is 867. The van der Waals surface area contributed by atoms with Gasteiger partial charge in [0, 0.05) is 16.4 Å². The Morgan fingerprint density at radius 3 is 2.38 bits per heavy atom. The van der Waals surface area contributed by atoms with Crippen molar-refractivity contribution in [2.24, 2.45) is 0 Å². The molecule has 0 saturated heterocycles. The minimum atomic E-state index is -0.310. The van der Waals surface area contributed by atoms with Crippen molar-refractivity contribution in [1.29, 1.82) is 0 Å². The van der Waals surface area contributed by atoms with Crippen molar-refractivity contribution in [3.05, 3.63) is 65.2 Å². The third kappa shape index (κ3) is 3.55. The number of nitrogens with one attached hydrogen (secondary N) is 2. The SMILES string of the molecule is Cc1ccc(Cl)cc1Nc1ncnc(Nc2ccc(F)cc2)c1N. The second kappa shape index (κ2) is 6.72. The van der Waals surface area contributed by atoms with Crippen LogP contribution in [0, 0.1) is 12.7 Å². The molecule has 0 fully saturated rings. The first-order chi connectivity index (χ1) is 11.5. The van der Waals surface area contributed by atoms with E-state index >= 15 is 0 Å². The molecule has 3 rings (SSSR count). The Hall–Kier alpha value is -2.86. The van der Waals surface area contributed by atoms with E-state index in [0.29, 0.717) is 28.0 Å². The van der Waals surface area contributed by atoms with Crippen molar-refractivity contribution in [1.82, 2.24) is 9.97 Å². The van der Waals surface area contributed by atoms with Gasteiger partial charge in [-0.2, -0.15) is 0 Å². The monoisotopic (exact) mass is 343 g/mol. The Labute approximate surface area is 143 Å². The zero-order valence-corrected chi connectivity index (χ0v) is 13.6. The van der Waals surface area contributed by atoms with Crippen LogP contribution in [0.3, 0.4) is 0 Å². The summed E-state index contributed by atoms with van der Waals surface area (Å²) in [4.78, 5) is 8.30. The summed E-state index contributed by atoms with van der Waals surface area (Å²) in [5, 5.41) is 6.81. The summed E-state index contributed by atoms with van der Waals surface area (Å²) in [6.45, 7) is 1.95. The minimum Gasteiger partial charge on any atom is -0.393 e. The van der Waals surface area contributed by atoms with Crippen LogP contribution in [0.5, 0.6) is 0 Å². The third-order valence-corrected chi connectivity index (χ3v) is 3.68. The maximum absolute atomic E-state index is 13.0. The topological polar surface area (TPSA) is 75.9 Å². The van der Waals surface area contributed by atoms with Crippen molar-refractivity contribution < 1.29 is 4.39 Å². The van der Waals surface area contributed by atoms with Gasteiger partial charge in [-0.25, -0.2) is 14.4 Å². The van der Waals surface area contributed by atoms with Gasteiger partial charge in [0.15, 0.2) is 11.6 Å². The lowest BCUT2D eigenvalue weighted by Gasteiger charge is -2.14. The third-order valence-electron chi connectivity index (χ3n) is 3.44. The summed E-state index contributed by atoms with van der Waals surface area (Å²) < 4.78 is 13.0. The van der Waals surface area contributed by atoms with Gasteiger partial charge in [0.2, 0.25) is 0 Å². The molecule has 0 amide bonds. The standard InChI is InChI=1S/C17H15ClFN5/c1-10-2-3-11(18)8-14(10)24-17-15(20)16(21-9-22-17)23-13-6-4-12(19)5-7-13/h2-9H,20H2,1H3,(H2,21,22,23,24). The number of anilines is 5. The molecule has 122 valence electrons. The maximum atomic E-state index is 13.0. The molecular weight excluding hydrogens is 329 g/mol. The molecule has 0 spiro atoms. The largest absolute Gasteiger partial charge is 0.393 e. The van der Waals surface area contributed by atoms with Gasteiger partial charge in [-0.05, 0) is 48.9 Å². The van der Waals surface area contributed by atoms with E-state index < -0.39 is 0 Å². The number of hydrogen-bond donors (Lipinski definition) is 3. The molecule has 0 unspecified atom stereocenters. The van der Waals surface area contributed by atoms with Crippen LogP contribution in [0.25, 0.3) is 0 Å². The van der Waals surface area contributed by atoms with Crippen molar-refractivity contribution in [2.75, 3.05) is 16.4 Å². The normalized spacial score (nSPS) is 10.5. The van der Waals surface area contributed by atoms with Crippen molar-refractivity contribution in [3.8, 4) is 0 Å². The molecule has 0 saturated carbocycles. The van der Waals surface area contributed by atoms with Crippen LogP contribution in [0.15, 0.2) is 48.8 Å². The Morgan fingerprint density at radius 2 is 1.67 bits per heavy atom. The molecule has 0 radical (unpaired) electrons. The van der Waals surface area contributed by atoms with Crippen LogP contribution in [-0.2, 0) is 0 Å². The van der Waals surface area contributed by atoms with Crippen molar-refractivity contribution >= 4 is 40.3 Å². The second-order valence-electron chi connectivity index (χ2n) is 5.20. The molecule has 0 aliphatic heterocycles. The first kappa shape index (κ1) is 16.0. The van der Waals surface area contributed by atoms with Crippen LogP contribution >= 0.6 is 11.6 Å². The number of nitrogens with zero attached hydrogens (tertiary/aromatic N) is 2. The van der Waals surface area contributed by atoms with E-state index in [1.165, 1.54) is 18.5 Å². The van der Waals surface area contributed by atoms with Gasteiger partial charge in [0.1, 0.15) is 17.8 Å².